The molecule has 0 saturated carbocycles. The number of hydrogen-bond donors (Lipinski definition) is 2. The van der Waals surface area contributed by atoms with Gasteiger partial charge in [0.15, 0.2) is 5.82 Å². The van der Waals surface area contributed by atoms with E-state index in [0.29, 0.717) is 11.0 Å². The third-order valence-corrected chi connectivity index (χ3v) is 5.62. The summed E-state index contributed by atoms with van der Waals surface area (Å²) in [5, 5.41) is 11.8. The van der Waals surface area contributed by atoms with Crippen LogP contribution >= 0.6 is 11.8 Å². The number of aromatic nitrogens is 3. The third kappa shape index (κ3) is 4.98. The molecule has 6 nitrogen and oxygen atoms in total. The maximum atomic E-state index is 12.3. The maximum absolute atomic E-state index is 12.3. The van der Waals surface area contributed by atoms with Crippen molar-refractivity contribution in [2.75, 3.05) is 16.9 Å². The molecule has 0 aliphatic heterocycles. The number of carbonyl (C=O) groups is 1. The molecule has 1 amide bonds. The third-order valence-electron chi connectivity index (χ3n) is 4.67. The number of rotatable bonds is 5. The van der Waals surface area contributed by atoms with Crippen LogP contribution in [0, 0.1) is 13.8 Å². The Bertz CT molecular complexity index is 1020. The zero-order valence-electron chi connectivity index (χ0n) is 17.5. The molecule has 29 heavy (non-hydrogen) atoms. The molecule has 2 aromatic carbocycles. The number of thioether (sulfide) groups is 1. The van der Waals surface area contributed by atoms with Crippen LogP contribution < -0.4 is 11.2 Å². The fourth-order valence-electron chi connectivity index (χ4n) is 2.88. The molecule has 1 heterocycles. The van der Waals surface area contributed by atoms with Gasteiger partial charge < -0.3 is 11.2 Å². The summed E-state index contributed by atoms with van der Waals surface area (Å²) < 4.78 is 1.43. The van der Waals surface area contributed by atoms with Crippen LogP contribution in [-0.2, 0) is 10.2 Å². The van der Waals surface area contributed by atoms with Crippen molar-refractivity contribution >= 4 is 23.4 Å². The summed E-state index contributed by atoms with van der Waals surface area (Å²) in [5.74, 6) is 6.84. The zero-order chi connectivity index (χ0) is 21.2. The SMILES string of the molecule is Cc1ccc(C)c(NC(=O)CSc2nnc(-c3ccc(C(C)(C)C)cc3)n2N)c1. The fraction of sp³-hybridized carbons (Fsp3) is 0.318. The highest BCUT2D eigenvalue weighted by atomic mass is 32.2. The first-order valence-electron chi connectivity index (χ1n) is 9.46. The van der Waals surface area contributed by atoms with Crippen LogP contribution in [0.5, 0.6) is 0 Å². The lowest BCUT2D eigenvalue weighted by molar-refractivity contribution is -0.113. The number of benzene rings is 2. The van der Waals surface area contributed by atoms with Crippen LogP contribution in [0.3, 0.4) is 0 Å². The molecule has 3 aromatic rings. The molecule has 152 valence electrons. The molecule has 0 spiro atoms. The van der Waals surface area contributed by atoms with Gasteiger partial charge in [-0.25, -0.2) is 4.68 Å². The molecule has 3 rings (SSSR count). The van der Waals surface area contributed by atoms with Gasteiger partial charge in [-0.3, -0.25) is 4.79 Å². The number of aryl methyl sites for hydroxylation is 2. The van der Waals surface area contributed by atoms with E-state index in [1.165, 1.54) is 22.0 Å². The summed E-state index contributed by atoms with van der Waals surface area (Å²) >= 11 is 1.26. The van der Waals surface area contributed by atoms with Gasteiger partial charge in [-0.1, -0.05) is 68.9 Å². The summed E-state index contributed by atoms with van der Waals surface area (Å²) in [4.78, 5) is 12.3. The normalized spacial score (nSPS) is 11.5. The molecular formula is C22H27N5OS. The van der Waals surface area contributed by atoms with E-state index < -0.39 is 0 Å². The molecule has 0 aliphatic carbocycles. The van der Waals surface area contributed by atoms with E-state index >= 15 is 0 Å². The van der Waals surface area contributed by atoms with Crippen LogP contribution in [-0.4, -0.2) is 26.5 Å². The van der Waals surface area contributed by atoms with E-state index in [4.69, 9.17) is 5.84 Å². The van der Waals surface area contributed by atoms with Crippen molar-refractivity contribution < 1.29 is 4.79 Å². The van der Waals surface area contributed by atoms with Crippen molar-refractivity contribution in [1.82, 2.24) is 14.9 Å². The molecule has 0 atom stereocenters. The lowest BCUT2D eigenvalue weighted by atomic mass is 9.87. The Morgan fingerprint density at radius 1 is 1.10 bits per heavy atom. The second kappa shape index (κ2) is 8.29. The molecule has 7 heteroatoms. The van der Waals surface area contributed by atoms with E-state index in [0.717, 1.165) is 22.4 Å². The number of nitrogens with two attached hydrogens (primary N) is 1. The zero-order valence-corrected chi connectivity index (χ0v) is 18.3. The summed E-state index contributed by atoms with van der Waals surface area (Å²) in [6, 6.07) is 14.1. The summed E-state index contributed by atoms with van der Waals surface area (Å²) in [6.07, 6.45) is 0. The van der Waals surface area contributed by atoms with Crippen molar-refractivity contribution in [3.05, 3.63) is 59.2 Å². The molecule has 0 aliphatic rings. The van der Waals surface area contributed by atoms with Gasteiger partial charge in [-0.15, -0.1) is 10.2 Å². The van der Waals surface area contributed by atoms with E-state index in [1.807, 2.05) is 44.2 Å². The van der Waals surface area contributed by atoms with Crippen LogP contribution in [0.4, 0.5) is 5.69 Å². The molecular weight excluding hydrogens is 382 g/mol. The average Bonchev–Trinajstić information content (AvgIpc) is 3.03. The van der Waals surface area contributed by atoms with Gasteiger partial charge in [0, 0.05) is 11.3 Å². The van der Waals surface area contributed by atoms with E-state index in [9.17, 15) is 4.79 Å². The maximum Gasteiger partial charge on any atom is 0.234 e. The fourth-order valence-corrected chi connectivity index (χ4v) is 3.53. The monoisotopic (exact) mass is 409 g/mol. The Morgan fingerprint density at radius 3 is 2.45 bits per heavy atom. The lowest BCUT2D eigenvalue weighted by Crippen LogP contribution is -2.17. The van der Waals surface area contributed by atoms with Crippen molar-refractivity contribution in [2.24, 2.45) is 0 Å². The van der Waals surface area contributed by atoms with Gasteiger partial charge in [0.25, 0.3) is 0 Å². The molecule has 0 radical (unpaired) electrons. The van der Waals surface area contributed by atoms with E-state index in [-0.39, 0.29) is 17.1 Å². The Balaban J connectivity index is 1.67. The van der Waals surface area contributed by atoms with Crippen molar-refractivity contribution in [3.63, 3.8) is 0 Å². The molecule has 0 bridgehead atoms. The van der Waals surface area contributed by atoms with Crippen molar-refractivity contribution in [3.8, 4) is 11.4 Å². The first-order valence-corrected chi connectivity index (χ1v) is 10.4. The molecule has 3 N–H and O–H groups in total. The number of anilines is 1. The lowest BCUT2D eigenvalue weighted by Gasteiger charge is -2.19. The molecule has 0 fully saturated rings. The van der Waals surface area contributed by atoms with Gasteiger partial charge in [0.1, 0.15) is 0 Å². The smallest absolute Gasteiger partial charge is 0.234 e. The number of carbonyl (C=O) groups excluding carboxylic acids is 1. The summed E-state index contributed by atoms with van der Waals surface area (Å²) in [5.41, 5.74) is 5.16. The Labute approximate surface area is 175 Å². The van der Waals surface area contributed by atoms with Gasteiger partial charge >= 0.3 is 0 Å². The average molecular weight is 410 g/mol. The van der Waals surface area contributed by atoms with Crippen LogP contribution in [0.15, 0.2) is 47.6 Å². The van der Waals surface area contributed by atoms with E-state index in [2.05, 4.69) is 48.4 Å². The second-order valence-corrected chi connectivity index (χ2v) is 9.10. The molecule has 0 saturated heterocycles. The highest BCUT2D eigenvalue weighted by Gasteiger charge is 2.17. The Morgan fingerprint density at radius 2 is 1.79 bits per heavy atom. The van der Waals surface area contributed by atoms with Gasteiger partial charge in [0.05, 0.1) is 5.75 Å². The Kier molecular flexibility index (Phi) is 5.98. The highest BCUT2D eigenvalue weighted by molar-refractivity contribution is 7.99. The number of nitrogen functional groups attached to an aromatic ring is 1. The Hall–Kier alpha value is -2.80. The molecule has 0 unspecified atom stereocenters. The molecule has 1 aromatic heterocycles. The number of nitrogens with one attached hydrogen (secondary N) is 1. The second-order valence-electron chi connectivity index (χ2n) is 8.16. The predicted octanol–water partition coefficient (Wildman–Crippen LogP) is 4.30. The minimum Gasteiger partial charge on any atom is -0.335 e. The standard InChI is InChI=1S/C22H27N5OS/c1-14-6-7-15(2)18(12-14)24-19(28)13-29-21-26-25-20(27(21)23)16-8-10-17(11-9-16)22(3,4)5/h6-12H,13,23H2,1-5H3,(H,24,28). The first-order chi connectivity index (χ1) is 13.6. The van der Waals surface area contributed by atoms with Crippen molar-refractivity contribution in [2.45, 2.75) is 45.2 Å². The van der Waals surface area contributed by atoms with Crippen LogP contribution in [0.2, 0.25) is 0 Å². The largest absolute Gasteiger partial charge is 0.335 e. The van der Waals surface area contributed by atoms with Crippen LogP contribution in [0.25, 0.3) is 11.4 Å². The highest BCUT2D eigenvalue weighted by Crippen LogP contribution is 2.26. The minimum absolute atomic E-state index is 0.0823. The number of amides is 1. The van der Waals surface area contributed by atoms with Crippen LogP contribution in [0.1, 0.15) is 37.5 Å². The van der Waals surface area contributed by atoms with Crippen molar-refractivity contribution in [1.29, 1.82) is 0 Å². The van der Waals surface area contributed by atoms with Gasteiger partial charge in [0.2, 0.25) is 11.1 Å². The van der Waals surface area contributed by atoms with Gasteiger partial charge in [-0.05, 0) is 42.0 Å². The number of hydrogen-bond acceptors (Lipinski definition) is 5. The number of nitrogens with zero attached hydrogens (tertiary/aromatic N) is 3. The van der Waals surface area contributed by atoms with E-state index in [1.54, 1.807) is 0 Å². The quantitative estimate of drug-likeness (QED) is 0.485. The summed E-state index contributed by atoms with van der Waals surface area (Å²) in [6.45, 7) is 10.5. The van der Waals surface area contributed by atoms with Gasteiger partial charge in [-0.2, -0.15) is 0 Å². The topological polar surface area (TPSA) is 85.8 Å². The predicted molar refractivity (Wildman–Crippen MR) is 120 cm³/mol. The summed E-state index contributed by atoms with van der Waals surface area (Å²) in [7, 11) is 0. The minimum atomic E-state index is -0.109. The first kappa shape index (κ1) is 20.9.